The van der Waals surface area contributed by atoms with Crippen molar-refractivity contribution in [2.45, 2.75) is 6.42 Å². The Kier molecular flexibility index (Phi) is 4.78. The number of nitrogens with zero attached hydrogens (tertiary/aromatic N) is 2. The molecule has 6 nitrogen and oxygen atoms in total. The molecule has 0 fully saturated rings. The van der Waals surface area contributed by atoms with Gasteiger partial charge in [0.25, 0.3) is 0 Å². The van der Waals surface area contributed by atoms with E-state index in [9.17, 15) is 0 Å². The second-order valence-corrected chi connectivity index (χ2v) is 6.05. The summed E-state index contributed by atoms with van der Waals surface area (Å²) in [6.07, 6.45) is 2.73. The highest BCUT2D eigenvalue weighted by Gasteiger charge is 2.09. The molecule has 0 atom stereocenters. The molecule has 3 aromatic rings. The summed E-state index contributed by atoms with van der Waals surface area (Å²) in [5.41, 5.74) is 8.94. The average molecular weight is 376 g/mol. The van der Waals surface area contributed by atoms with E-state index in [1.54, 1.807) is 13.3 Å². The lowest BCUT2D eigenvalue weighted by Gasteiger charge is -2.08. The van der Waals surface area contributed by atoms with Crippen LogP contribution in [0.3, 0.4) is 0 Å². The lowest BCUT2D eigenvalue weighted by atomic mass is 10.0. The van der Waals surface area contributed by atoms with Gasteiger partial charge < -0.3 is 15.8 Å². The van der Waals surface area contributed by atoms with Gasteiger partial charge in [-0.2, -0.15) is 5.10 Å². The first kappa shape index (κ1) is 15.8. The molecule has 0 amide bonds. The fourth-order valence-corrected chi connectivity index (χ4v) is 2.95. The number of rotatable bonds is 6. The van der Waals surface area contributed by atoms with Crippen molar-refractivity contribution in [1.29, 1.82) is 0 Å². The number of nitrogens with two attached hydrogens (primary N) is 1. The van der Waals surface area contributed by atoms with Crippen LogP contribution in [-0.4, -0.2) is 35.4 Å². The molecule has 23 heavy (non-hydrogen) atoms. The van der Waals surface area contributed by atoms with Crippen molar-refractivity contribution in [1.82, 2.24) is 15.2 Å². The fourth-order valence-electron chi connectivity index (χ4n) is 2.41. The Balaban J connectivity index is 1.88. The van der Waals surface area contributed by atoms with Gasteiger partial charge in [0.1, 0.15) is 5.82 Å². The fraction of sp³-hybridized carbons (Fsp3) is 0.250. The standard InChI is InChI=1S/C16H18BrN5O/c1-23-6-2-4-19-14-9-10(3-5-20-14)11-7-12-15(13(17)8-11)21-22-16(12)18/h3,5,7-9H,2,4,6H2,1H3,(H,19,20)(H3,18,21,22). The van der Waals surface area contributed by atoms with Crippen LogP contribution in [0.2, 0.25) is 0 Å². The van der Waals surface area contributed by atoms with Crippen LogP contribution < -0.4 is 11.1 Å². The number of fused-ring (bicyclic) bond motifs is 1. The largest absolute Gasteiger partial charge is 0.385 e. The Morgan fingerprint density at radius 3 is 3.00 bits per heavy atom. The molecule has 2 heterocycles. The third-order valence-electron chi connectivity index (χ3n) is 3.58. The Hall–Kier alpha value is -2.12. The number of pyridine rings is 1. The average Bonchev–Trinajstić information content (AvgIpc) is 2.94. The Bertz CT molecular complexity index is 817. The van der Waals surface area contributed by atoms with Crippen LogP contribution in [0.4, 0.5) is 11.6 Å². The molecule has 3 rings (SSSR count). The van der Waals surface area contributed by atoms with Crippen LogP contribution in [0.5, 0.6) is 0 Å². The third kappa shape index (κ3) is 3.46. The van der Waals surface area contributed by atoms with Crippen molar-refractivity contribution in [2.75, 3.05) is 31.3 Å². The number of ether oxygens (including phenoxy) is 1. The van der Waals surface area contributed by atoms with Gasteiger partial charge >= 0.3 is 0 Å². The summed E-state index contributed by atoms with van der Waals surface area (Å²) in [6.45, 7) is 1.55. The number of aromatic nitrogens is 3. The molecule has 0 aliphatic carbocycles. The first-order valence-electron chi connectivity index (χ1n) is 7.31. The van der Waals surface area contributed by atoms with Gasteiger partial charge in [-0.25, -0.2) is 4.98 Å². The molecule has 0 saturated heterocycles. The highest BCUT2D eigenvalue weighted by atomic mass is 79.9. The van der Waals surface area contributed by atoms with E-state index in [2.05, 4.69) is 36.4 Å². The molecule has 1 aromatic carbocycles. The van der Waals surface area contributed by atoms with Crippen molar-refractivity contribution < 1.29 is 4.74 Å². The van der Waals surface area contributed by atoms with E-state index in [0.29, 0.717) is 5.82 Å². The Labute approximate surface area is 142 Å². The van der Waals surface area contributed by atoms with E-state index in [-0.39, 0.29) is 0 Å². The molecule has 4 N–H and O–H groups in total. The van der Waals surface area contributed by atoms with E-state index < -0.39 is 0 Å². The Morgan fingerprint density at radius 1 is 1.30 bits per heavy atom. The number of nitrogen functional groups attached to an aromatic ring is 1. The number of nitrogens with one attached hydrogen (secondary N) is 2. The number of halogens is 1. The van der Waals surface area contributed by atoms with Gasteiger partial charge in [-0.3, -0.25) is 5.10 Å². The number of hydrogen-bond donors (Lipinski definition) is 3. The summed E-state index contributed by atoms with van der Waals surface area (Å²) in [5, 5.41) is 11.2. The maximum absolute atomic E-state index is 5.92. The number of hydrogen-bond acceptors (Lipinski definition) is 5. The molecular formula is C16H18BrN5O. The van der Waals surface area contributed by atoms with Gasteiger partial charge in [0.2, 0.25) is 0 Å². The van der Waals surface area contributed by atoms with Crippen LogP contribution >= 0.6 is 15.9 Å². The predicted molar refractivity (Wildman–Crippen MR) is 96.4 cm³/mol. The van der Waals surface area contributed by atoms with Crippen molar-refractivity contribution >= 4 is 38.5 Å². The zero-order chi connectivity index (χ0) is 16.2. The minimum atomic E-state index is 0.495. The van der Waals surface area contributed by atoms with Crippen LogP contribution in [-0.2, 0) is 4.74 Å². The lowest BCUT2D eigenvalue weighted by molar-refractivity contribution is 0.198. The molecular weight excluding hydrogens is 358 g/mol. The molecule has 7 heteroatoms. The second kappa shape index (κ2) is 6.97. The van der Waals surface area contributed by atoms with Gasteiger partial charge in [0.15, 0.2) is 5.82 Å². The molecule has 2 aromatic heterocycles. The SMILES string of the molecule is COCCCNc1cc(-c2cc(Br)c3[nH]nc(N)c3c2)ccn1. The van der Waals surface area contributed by atoms with Crippen LogP contribution in [0.25, 0.3) is 22.0 Å². The lowest BCUT2D eigenvalue weighted by Crippen LogP contribution is -2.05. The minimum Gasteiger partial charge on any atom is -0.385 e. The monoisotopic (exact) mass is 375 g/mol. The zero-order valence-corrected chi connectivity index (χ0v) is 14.4. The second-order valence-electron chi connectivity index (χ2n) is 5.19. The van der Waals surface area contributed by atoms with Gasteiger partial charge in [-0.15, -0.1) is 0 Å². The topological polar surface area (TPSA) is 88.8 Å². The molecule has 0 aliphatic heterocycles. The zero-order valence-electron chi connectivity index (χ0n) is 12.8. The minimum absolute atomic E-state index is 0.495. The third-order valence-corrected chi connectivity index (χ3v) is 4.20. The molecule has 120 valence electrons. The number of methoxy groups -OCH3 is 1. The van der Waals surface area contributed by atoms with Gasteiger partial charge in [0, 0.05) is 36.3 Å². The molecule has 0 aliphatic rings. The summed E-state index contributed by atoms with van der Waals surface area (Å²) in [4.78, 5) is 4.35. The molecule has 0 bridgehead atoms. The van der Waals surface area contributed by atoms with Gasteiger partial charge in [0.05, 0.1) is 5.52 Å². The Morgan fingerprint density at radius 2 is 2.17 bits per heavy atom. The smallest absolute Gasteiger partial charge is 0.153 e. The summed E-state index contributed by atoms with van der Waals surface area (Å²) in [7, 11) is 1.70. The highest BCUT2D eigenvalue weighted by Crippen LogP contribution is 2.32. The number of benzene rings is 1. The maximum atomic E-state index is 5.92. The number of anilines is 2. The highest BCUT2D eigenvalue weighted by molar-refractivity contribution is 9.10. The number of aromatic amines is 1. The van der Waals surface area contributed by atoms with Crippen LogP contribution in [0.15, 0.2) is 34.9 Å². The number of H-pyrrole nitrogens is 1. The normalized spacial score (nSPS) is 11.0. The molecule has 0 saturated carbocycles. The summed E-state index contributed by atoms with van der Waals surface area (Å²) in [6, 6.07) is 8.08. The van der Waals surface area contributed by atoms with E-state index >= 15 is 0 Å². The summed E-state index contributed by atoms with van der Waals surface area (Å²) < 4.78 is 5.98. The maximum Gasteiger partial charge on any atom is 0.153 e. The molecule has 0 unspecified atom stereocenters. The summed E-state index contributed by atoms with van der Waals surface area (Å²) >= 11 is 3.56. The van der Waals surface area contributed by atoms with Crippen LogP contribution in [0.1, 0.15) is 6.42 Å². The first-order valence-corrected chi connectivity index (χ1v) is 8.10. The van der Waals surface area contributed by atoms with Crippen molar-refractivity contribution in [3.63, 3.8) is 0 Å². The molecule has 0 radical (unpaired) electrons. The predicted octanol–water partition coefficient (Wildman–Crippen LogP) is 3.42. The van der Waals surface area contributed by atoms with Crippen LogP contribution in [0, 0.1) is 0 Å². The summed E-state index contributed by atoms with van der Waals surface area (Å²) in [5.74, 6) is 1.34. The van der Waals surface area contributed by atoms with E-state index in [4.69, 9.17) is 10.5 Å². The molecule has 0 spiro atoms. The van der Waals surface area contributed by atoms with E-state index in [0.717, 1.165) is 51.9 Å². The van der Waals surface area contributed by atoms with Gasteiger partial charge in [-0.05, 0) is 57.7 Å². The van der Waals surface area contributed by atoms with Gasteiger partial charge in [-0.1, -0.05) is 0 Å². The quantitative estimate of drug-likeness (QED) is 0.574. The van der Waals surface area contributed by atoms with E-state index in [1.807, 2.05) is 24.3 Å². The van der Waals surface area contributed by atoms with Crippen molar-refractivity contribution in [3.05, 3.63) is 34.9 Å². The first-order chi connectivity index (χ1) is 11.2. The van der Waals surface area contributed by atoms with Crippen molar-refractivity contribution in [3.8, 4) is 11.1 Å². The van der Waals surface area contributed by atoms with Crippen molar-refractivity contribution in [2.24, 2.45) is 0 Å². The van der Waals surface area contributed by atoms with E-state index in [1.165, 1.54) is 0 Å².